The Balaban J connectivity index is 4.03. The Morgan fingerprint density at radius 2 is 2.00 bits per heavy atom. The number of hydrogen-bond donors (Lipinski definition) is 0. The van der Waals surface area contributed by atoms with Gasteiger partial charge in [0, 0.05) is 0 Å². The minimum absolute atomic E-state index is 0.346. The van der Waals surface area contributed by atoms with Gasteiger partial charge in [-0.3, -0.25) is 0 Å². The molecule has 0 aromatic heterocycles. The fourth-order valence-electron chi connectivity index (χ4n) is 0.492. The smallest absolute Gasteiger partial charge is 0.121 e. The van der Waals surface area contributed by atoms with E-state index in [1.54, 1.807) is 20.8 Å². The van der Waals surface area contributed by atoms with E-state index in [-0.39, 0.29) is 5.83 Å². The average molecular weight is 160 g/mol. The maximum Gasteiger partial charge on any atom is 0.121 e. The van der Waals surface area contributed by atoms with Gasteiger partial charge in [-0.2, -0.15) is 0 Å². The number of halogens is 2. The van der Waals surface area contributed by atoms with Gasteiger partial charge in [0.25, 0.3) is 0 Å². The van der Waals surface area contributed by atoms with Crippen LogP contribution in [0.4, 0.5) is 8.78 Å². The van der Waals surface area contributed by atoms with Crippen LogP contribution < -0.4 is 0 Å². The quantitative estimate of drug-likeness (QED) is 0.554. The number of hydrogen-bond acceptors (Lipinski definition) is 0. The summed E-state index contributed by atoms with van der Waals surface area (Å²) in [6.45, 7) is 5.02. The first-order valence-corrected chi connectivity index (χ1v) is 3.73. The molecule has 64 valence electrons. The first kappa shape index (κ1) is 10.3. The van der Waals surface area contributed by atoms with Gasteiger partial charge in [0.2, 0.25) is 0 Å². The monoisotopic (exact) mass is 160 g/mol. The van der Waals surface area contributed by atoms with Crippen molar-refractivity contribution in [1.82, 2.24) is 0 Å². The molecule has 0 fully saturated rings. The molecule has 11 heavy (non-hydrogen) atoms. The second-order valence-corrected chi connectivity index (χ2v) is 2.63. The second-order valence-electron chi connectivity index (χ2n) is 2.63. The van der Waals surface area contributed by atoms with Gasteiger partial charge in [-0.05, 0) is 38.0 Å². The minimum Gasteiger partial charge on any atom is -0.243 e. The molecule has 0 N–H and O–H groups in total. The molecule has 0 spiro atoms. The third kappa shape index (κ3) is 4.71. The molecular formula is C9H14F2. The number of alkyl halides is 1. The van der Waals surface area contributed by atoms with Crippen LogP contribution in [0.15, 0.2) is 23.6 Å². The molecule has 0 radical (unpaired) electrons. The highest BCUT2D eigenvalue weighted by Crippen LogP contribution is 2.08. The maximum atomic E-state index is 12.6. The number of allylic oxidation sites excluding steroid dienone is 4. The van der Waals surface area contributed by atoms with Gasteiger partial charge in [-0.15, -0.1) is 0 Å². The summed E-state index contributed by atoms with van der Waals surface area (Å²) in [5.41, 5.74) is 0.574. The second kappa shape index (κ2) is 5.05. The van der Waals surface area contributed by atoms with Crippen LogP contribution in [-0.4, -0.2) is 6.17 Å². The summed E-state index contributed by atoms with van der Waals surface area (Å²) in [4.78, 5) is 0. The van der Waals surface area contributed by atoms with Gasteiger partial charge in [-0.1, -0.05) is 6.92 Å². The Bertz CT molecular complexity index is 164. The van der Waals surface area contributed by atoms with Crippen LogP contribution in [-0.2, 0) is 0 Å². The molecule has 0 nitrogen and oxygen atoms in total. The van der Waals surface area contributed by atoms with Crippen molar-refractivity contribution in [1.29, 1.82) is 0 Å². The molecular weight excluding hydrogens is 146 g/mol. The molecule has 0 bridgehead atoms. The van der Waals surface area contributed by atoms with Crippen molar-refractivity contribution in [3.8, 4) is 0 Å². The predicted molar refractivity (Wildman–Crippen MR) is 43.8 cm³/mol. The Hall–Kier alpha value is -0.660. The van der Waals surface area contributed by atoms with Crippen LogP contribution in [0.5, 0.6) is 0 Å². The zero-order valence-corrected chi connectivity index (χ0v) is 7.20. The highest BCUT2D eigenvalue weighted by Gasteiger charge is 1.96. The van der Waals surface area contributed by atoms with Crippen molar-refractivity contribution in [2.24, 2.45) is 0 Å². The van der Waals surface area contributed by atoms with E-state index >= 15 is 0 Å². The lowest BCUT2D eigenvalue weighted by Gasteiger charge is -1.95. The molecule has 0 unspecified atom stereocenters. The van der Waals surface area contributed by atoms with E-state index in [0.29, 0.717) is 12.0 Å². The van der Waals surface area contributed by atoms with Gasteiger partial charge in [-0.25, -0.2) is 8.78 Å². The van der Waals surface area contributed by atoms with Crippen LogP contribution in [0.1, 0.15) is 27.2 Å². The molecule has 0 rings (SSSR count). The highest BCUT2D eigenvalue weighted by atomic mass is 19.1. The van der Waals surface area contributed by atoms with Crippen molar-refractivity contribution in [3.05, 3.63) is 23.6 Å². The van der Waals surface area contributed by atoms with Gasteiger partial charge in [0.1, 0.15) is 12.0 Å². The summed E-state index contributed by atoms with van der Waals surface area (Å²) >= 11 is 0. The third-order valence-electron chi connectivity index (χ3n) is 1.32. The molecule has 2 heteroatoms. The van der Waals surface area contributed by atoms with Crippen molar-refractivity contribution in [2.45, 2.75) is 33.4 Å². The van der Waals surface area contributed by atoms with Gasteiger partial charge in [0.05, 0.1) is 0 Å². The fourth-order valence-corrected chi connectivity index (χ4v) is 0.492. The van der Waals surface area contributed by atoms with E-state index in [4.69, 9.17) is 0 Å². The minimum atomic E-state index is -1.03. The van der Waals surface area contributed by atoms with Crippen molar-refractivity contribution in [2.75, 3.05) is 0 Å². The standard InChI is InChI=1S/C9H14F2/c1-4-8(10)5-6-9(11)7(2)3/h5-6,8H,4H2,1-3H3/b6-5-/t8-/m1/s1. The zero-order valence-electron chi connectivity index (χ0n) is 7.20. The molecule has 0 aliphatic carbocycles. The van der Waals surface area contributed by atoms with Crippen LogP contribution in [0.3, 0.4) is 0 Å². The van der Waals surface area contributed by atoms with E-state index in [9.17, 15) is 8.78 Å². The lowest BCUT2D eigenvalue weighted by Crippen LogP contribution is -1.90. The van der Waals surface area contributed by atoms with Crippen molar-refractivity contribution >= 4 is 0 Å². The summed E-state index contributed by atoms with van der Waals surface area (Å²) in [5.74, 6) is -0.346. The lowest BCUT2D eigenvalue weighted by atomic mass is 10.2. The van der Waals surface area contributed by atoms with Crippen molar-refractivity contribution < 1.29 is 8.78 Å². The topological polar surface area (TPSA) is 0 Å². The largest absolute Gasteiger partial charge is 0.243 e. The van der Waals surface area contributed by atoms with E-state index in [1.807, 2.05) is 0 Å². The van der Waals surface area contributed by atoms with Gasteiger partial charge in [0.15, 0.2) is 0 Å². The number of rotatable bonds is 3. The highest BCUT2D eigenvalue weighted by molar-refractivity contribution is 5.17. The SMILES string of the molecule is CC[C@@H](F)/C=C\C(F)=C(C)C. The third-order valence-corrected chi connectivity index (χ3v) is 1.32. The molecule has 0 amide bonds. The normalized spacial score (nSPS) is 13.5. The van der Waals surface area contributed by atoms with Gasteiger partial charge < -0.3 is 0 Å². The van der Waals surface area contributed by atoms with Gasteiger partial charge >= 0.3 is 0 Å². The Morgan fingerprint density at radius 3 is 2.36 bits per heavy atom. The van der Waals surface area contributed by atoms with E-state index in [1.165, 1.54) is 12.2 Å². The van der Waals surface area contributed by atoms with Crippen molar-refractivity contribution in [3.63, 3.8) is 0 Å². The molecule has 0 saturated carbocycles. The van der Waals surface area contributed by atoms with Crippen LogP contribution >= 0.6 is 0 Å². The zero-order chi connectivity index (χ0) is 8.85. The van der Waals surface area contributed by atoms with Crippen LogP contribution in [0.2, 0.25) is 0 Å². The molecule has 0 aromatic rings. The molecule has 0 aromatic carbocycles. The maximum absolute atomic E-state index is 12.6. The first-order chi connectivity index (χ1) is 5.07. The Morgan fingerprint density at radius 1 is 1.45 bits per heavy atom. The van der Waals surface area contributed by atoms with Crippen LogP contribution in [0, 0.1) is 0 Å². The molecule has 1 atom stereocenters. The average Bonchev–Trinajstić information content (AvgIpc) is 1.99. The Kier molecular flexibility index (Phi) is 4.75. The van der Waals surface area contributed by atoms with E-state index < -0.39 is 6.17 Å². The van der Waals surface area contributed by atoms with E-state index in [2.05, 4.69) is 0 Å². The molecule has 0 heterocycles. The molecule has 0 aliphatic heterocycles. The summed E-state index contributed by atoms with van der Waals surface area (Å²) in [6, 6.07) is 0. The summed E-state index contributed by atoms with van der Waals surface area (Å²) < 4.78 is 25.1. The predicted octanol–water partition coefficient (Wildman–Crippen LogP) is 3.55. The fraction of sp³-hybridized carbons (Fsp3) is 0.556. The summed E-state index contributed by atoms with van der Waals surface area (Å²) in [6.07, 6.45) is 1.79. The summed E-state index contributed by atoms with van der Waals surface area (Å²) in [5, 5.41) is 0. The molecule has 0 aliphatic rings. The van der Waals surface area contributed by atoms with E-state index in [0.717, 1.165) is 0 Å². The summed E-state index contributed by atoms with van der Waals surface area (Å²) in [7, 11) is 0. The first-order valence-electron chi connectivity index (χ1n) is 3.73. The lowest BCUT2D eigenvalue weighted by molar-refractivity contribution is 0.390. The molecule has 0 saturated heterocycles. The Labute approximate surface area is 66.6 Å². The van der Waals surface area contributed by atoms with Crippen LogP contribution in [0.25, 0.3) is 0 Å².